The van der Waals surface area contributed by atoms with E-state index < -0.39 is 6.10 Å². The standard InChI is InChI=1S/C14H20FNOS/c1-18-14(6-3-7-14)10-16-9-13(17)11-4-2-5-12(15)8-11/h2,4-5,8,13,16-17H,3,6-7,9-10H2,1H3. The summed E-state index contributed by atoms with van der Waals surface area (Å²) in [5.41, 5.74) is 0.634. The summed E-state index contributed by atoms with van der Waals surface area (Å²) in [5, 5.41) is 13.3. The van der Waals surface area contributed by atoms with E-state index in [1.54, 1.807) is 12.1 Å². The lowest BCUT2D eigenvalue weighted by Crippen LogP contribution is -2.44. The van der Waals surface area contributed by atoms with Crippen molar-refractivity contribution in [2.45, 2.75) is 30.1 Å². The summed E-state index contributed by atoms with van der Waals surface area (Å²) in [6, 6.07) is 6.16. The van der Waals surface area contributed by atoms with Crippen LogP contribution in [0.5, 0.6) is 0 Å². The molecule has 0 spiro atoms. The van der Waals surface area contributed by atoms with Gasteiger partial charge < -0.3 is 10.4 Å². The Morgan fingerprint density at radius 2 is 2.28 bits per heavy atom. The molecule has 1 aliphatic carbocycles. The van der Waals surface area contributed by atoms with Crippen LogP contribution in [-0.4, -0.2) is 29.2 Å². The van der Waals surface area contributed by atoms with E-state index in [2.05, 4.69) is 11.6 Å². The van der Waals surface area contributed by atoms with E-state index >= 15 is 0 Å². The van der Waals surface area contributed by atoms with E-state index in [1.165, 1.54) is 31.4 Å². The van der Waals surface area contributed by atoms with Crippen molar-refractivity contribution in [2.24, 2.45) is 0 Å². The molecule has 1 aromatic carbocycles. The molecule has 18 heavy (non-hydrogen) atoms. The van der Waals surface area contributed by atoms with Gasteiger partial charge in [-0.05, 0) is 36.8 Å². The summed E-state index contributed by atoms with van der Waals surface area (Å²) in [6.07, 6.45) is 5.30. The number of aliphatic hydroxyl groups excluding tert-OH is 1. The summed E-state index contributed by atoms with van der Waals surface area (Å²) in [7, 11) is 0. The highest BCUT2D eigenvalue weighted by Crippen LogP contribution is 2.42. The molecule has 0 amide bonds. The smallest absolute Gasteiger partial charge is 0.123 e. The van der Waals surface area contributed by atoms with E-state index in [4.69, 9.17) is 0 Å². The molecular formula is C14H20FNOS. The van der Waals surface area contributed by atoms with Crippen molar-refractivity contribution in [2.75, 3.05) is 19.3 Å². The molecule has 1 saturated carbocycles. The van der Waals surface area contributed by atoms with Gasteiger partial charge >= 0.3 is 0 Å². The quantitative estimate of drug-likeness (QED) is 0.833. The Kier molecular flexibility index (Phi) is 4.65. The highest BCUT2D eigenvalue weighted by atomic mass is 32.2. The molecule has 1 unspecified atom stereocenters. The fourth-order valence-corrected chi connectivity index (χ4v) is 3.24. The van der Waals surface area contributed by atoms with Crippen LogP contribution in [0.3, 0.4) is 0 Å². The Morgan fingerprint density at radius 3 is 2.83 bits per heavy atom. The van der Waals surface area contributed by atoms with Gasteiger partial charge in [-0.3, -0.25) is 0 Å². The number of nitrogens with one attached hydrogen (secondary N) is 1. The van der Waals surface area contributed by atoms with Crippen LogP contribution in [0.25, 0.3) is 0 Å². The van der Waals surface area contributed by atoms with E-state index in [-0.39, 0.29) is 5.82 Å². The number of rotatable bonds is 6. The lowest BCUT2D eigenvalue weighted by Gasteiger charge is -2.40. The van der Waals surface area contributed by atoms with Gasteiger partial charge in [0, 0.05) is 17.8 Å². The van der Waals surface area contributed by atoms with Gasteiger partial charge in [0.15, 0.2) is 0 Å². The molecule has 0 aromatic heterocycles. The third-order valence-corrected chi connectivity index (χ3v) is 5.13. The fourth-order valence-electron chi connectivity index (χ4n) is 2.29. The summed E-state index contributed by atoms with van der Waals surface area (Å²) in [5.74, 6) is -0.300. The lowest BCUT2D eigenvalue weighted by atomic mass is 9.84. The first-order chi connectivity index (χ1) is 8.65. The molecule has 2 rings (SSSR count). The van der Waals surface area contributed by atoms with Crippen LogP contribution in [0.1, 0.15) is 30.9 Å². The first-order valence-electron chi connectivity index (χ1n) is 6.35. The molecule has 0 saturated heterocycles. The first-order valence-corrected chi connectivity index (χ1v) is 7.57. The molecule has 1 atom stereocenters. The van der Waals surface area contributed by atoms with Crippen LogP contribution >= 0.6 is 11.8 Å². The Balaban J connectivity index is 1.79. The van der Waals surface area contributed by atoms with Crippen molar-refractivity contribution in [3.05, 3.63) is 35.6 Å². The minimum absolute atomic E-state index is 0.300. The molecule has 1 fully saturated rings. The van der Waals surface area contributed by atoms with Crippen molar-refractivity contribution in [3.63, 3.8) is 0 Å². The van der Waals surface area contributed by atoms with Crippen molar-refractivity contribution < 1.29 is 9.50 Å². The average Bonchev–Trinajstić information content (AvgIpc) is 2.32. The molecular weight excluding hydrogens is 249 g/mol. The van der Waals surface area contributed by atoms with E-state index in [9.17, 15) is 9.50 Å². The molecule has 4 heteroatoms. The van der Waals surface area contributed by atoms with Crippen LogP contribution in [-0.2, 0) is 0 Å². The fraction of sp³-hybridized carbons (Fsp3) is 0.571. The van der Waals surface area contributed by atoms with Gasteiger partial charge in [0.1, 0.15) is 5.82 Å². The minimum Gasteiger partial charge on any atom is -0.387 e. The Morgan fingerprint density at radius 1 is 1.50 bits per heavy atom. The van der Waals surface area contributed by atoms with Crippen LogP contribution in [0.2, 0.25) is 0 Å². The Bertz CT molecular complexity index is 390. The topological polar surface area (TPSA) is 32.3 Å². The SMILES string of the molecule is CSC1(CNCC(O)c2cccc(F)c2)CCC1. The largest absolute Gasteiger partial charge is 0.387 e. The molecule has 0 aliphatic heterocycles. The van der Waals surface area contributed by atoms with Crippen LogP contribution in [0, 0.1) is 5.82 Å². The van der Waals surface area contributed by atoms with Crippen molar-refractivity contribution in [1.82, 2.24) is 5.32 Å². The predicted molar refractivity (Wildman–Crippen MR) is 74.3 cm³/mol. The first kappa shape index (κ1) is 13.8. The van der Waals surface area contributed by atoms with Crippen LogP contribution < -0.4 is 5.32 Å². The number of thioether (sulfide) groups is 1. The zero-order chi connectivity index (χ0) is 13.0. The van der Waals surface area contributed by atoms with Crippen molar-refractivity contribution in [1.29, 1.82) is 0 Å². The van der Waals surface area contributed by atoms with Gasteiger partial charge in [-0.25, -0.2) is 4.39 Å². The van der Waals surface area contributed by atoms with Gasteiger partial charge in [-0.2, -0.15) is 11.8 Å². The minimum atomic E-state index is -0.639. The average molecular weight is 269 g/mol. The molecule has 100 valence electrons. The monoisotopic (exact) mass is 269 g/mol. The van der Waals surface area contributed by atoms with Crippen molar-refractivity contribution >= 4 is 11.8 Å². The number of hydrogen-bond acceptors (Lipinski definition) is 3. The second-order valence-electron chi connectivity index (χ2n) is 4.94. The second kappa shape index (κ2) is 6.04. The maximum absolute atomic E-state index is 13.0. The Labute approximate surface area is 112 Å². The molecule has 2 N–H and O–H groups in total. The maximum Gasteiger partial charge on any atom is 0.123 e. The molecule has 1 aromatic rings. The van der Waals surface area contributed by atoms with Crippen LogP contribution in [0.4, 0.5) is 4.39 Å². The maximum atomic E-state index is 13.0. The van der Waals surface area contributed by atoms with Crippen LogP contribution in [0.15, 0.2) is 24.3 Å². The zero-order valence-corrected chi connectivity index (χ0v) is 11.5. The predicted octanol–water partition coefficient (Wildman–Crippen LogP) is 2.73. The molecule has 2 nitrogen and oxygen atoms in total. The second-order valence-corrected chi connectivity index (χ2v) is 6.22. The zero-order valence-electron chi connectivity index (χ0n) is 10.7. The molecule has 1 aliphatic rings. The third kappa shape index (κ3) is 3.25. The summed E-state index contributed by atoms with van der Waals surface area (Å²) in [4.78, 5) is 0. The lowest BCUT2D eigenvalue weighted by molar-refractivity contribution is 0.170. The van der Waals surface area contributed by atoms with Gasteiger partial charge in [0.2, 0.25) is 0 Å². The number of benzene rings is 1. The Hall–Kier alpha value is -0.580. The summed E-state index contributed by atoms with van der Waals surface area (Å²) >= 11 is 1.90. The van der Waals surface area contributed by atoms with E-state index in [0.717, 1.165) is 6.54 Å². The van der Waals surface area contributed by atoms with Gasteiger partial charge in [0.25, 0.3) is 0 Å². The highest BCUT2D eigenvalue weighted by molar-refractivity contribution is 8.00. The summed E-state index contributed by atoms with van der Waals surface area (Å²) in [6.45, 7) is 1.40. The molecule has 0 heterocycles. The van der Waals surface area contributed by atoms with Gasteiger partial charge in [-0.1, -0.05) is 18.6 Å². The normalized spacial score (nSPS) is 19.3. The number of aliphatic hydroxyl groups is 1. The number of halogens is 1. The van der Waals surface area contributed by atoms with E-state index in [1.807, 2.05) is 11.8 Å². The molecule has 0 radical (unpaired) electrons. The third-order valence-electron chi connectivity index (χ3n) is 3.72. The summed E-state index contributed by atoms with van der Waals surface area (Å²) < 4.78 is 13.4. The van der Waals surface area contributed by atoms with Gasteiger partial charge in [-0.15, -0.1) is 0 Å². The number of hydrogen-bond donors (Lipinski definition) is 2. The molecule has 0 bridgehead atoms. The van der Waals surface area contributed by atoms with E-state index in [0.29, 0.717) is 16.9 Å². The van der Waals surface area contributed by atoms with Crippen molar-refractivity contribution in [3.8, 4) is 0 Å². The highest BCUT2D eigenvalue weighted by Gasteiger charge is 2.35. The van der Waals surface area contributed by atoms with Gasteiger partial charge in [0.05, 0.1) is 6.10 Å².